The summed E-state index contributed by atoms with van der Waals surface area (Å²) in [6.07, 6.45) is 2.01. The van der Waals surface area contributed by atoms with Crippen LogP contribution in [0.15, 0.2) is 23.4 Å². The van der Waals surface area contributed by atoms with Crippen LogP contribution >= 0.6 is 23.4 Å². The van der Waals surface area contributed by atoms with Crippen molar-refractivity contribution in [2.24, 2.45) is 5.84 Å². The molecule has 15 heavy (non-hydrogen) atoms. The van der Waals surface area contributed by atoms with E-state index in [1.807, 2.05) is 6.92 Å². The van der Waals surface area contributed by atoms with Gasteiger partial charge in [0.25, 0.3) is 0 Å². The highest BCUT2D eigenvalue weighted by Crippen LogP contribution is 2.28. The largest absolute Gasteiger partial charge is 0.294 e. The van der Waals surface area contributed by atoms with Crippen molar-refractivity contribution in [3.63, 3.8) is 0 Å². The topological polar surface area (TPSA) is 68.0 Å². The molecule has 0 aromatic carbocycles. The molecule has 6 heteroatoms. The number of halogens is 1. The van der Waals surface area contributed by atoms with Gasteiger partial charge in [0, 0.05) is 17.9 Å². The molecule has 3 N–H and O–H groups in total. The number of pyridine rings is 1. The predicted octanol–water partition coefficient (Wildman–Crippen LogP) is 1.60. The summed E-state index contributed by atoms with van der Waals surface area (Å²) in [6.45, 7) is 1.92. The zero-order chi connectivity index (χ0) is 11.3. The molecule has 1 atom stereocenters. The maximum absolute atomic E-state index is 11.0. The normalized spacial score (nSPS) is 12.2. The second kappa shape index (κ2) is 5.95. The Morgan fingerprint density at radius 1 is 1.80 bits per heavy atom. The lowest BCUT2D eigenvalue weighted by Gasteiger charge is -2.09. The summed E-state index contributed by atoms with van der Waals surface area (Å²) in [4.78, 5) is 15.1. The van der Waals surface area contributed by atoms with Gasteiger partial charge in [0.2, 0.25) is 5.91 Å². The lowest BCUT2D eigenvalue weighted by atomic mass is 10.3. The summed E-state index contributed by atoms with van der Waals surface area (Å²) < 4.78 is 0. The monoisotopic (exact) mass is 245 g/mol. The molecule has 0 bridgehead atoms. The first-order valence-electron chi connectivity index (χ1n) is 4.40. The third kappa shape index (κ3) is 4.07. The van der Waals surface area contributed by atoms with E-state index in [4.69, 9.17) is 17.4 Å². The molecule has 1 unspecified atom stereocenters. The average molecular weight is 246 g/mol. The SMILES string of the molecule is CC(CC(=O)NN)Sc1ncccc1Cl. The number of nitrogens with zero attached hydrogens (tertiary/aromatic N) is 1. The van der Waals surface area contributed by atoms with Crippen molar-refractivity contribution in [3.8, 4) is 0 Å². The Morgan fingerprint density at radius 3 is 3.13 bits per heavy atom. The molecule has 0 spiro atoms. The van der Waals surface area contributed by atoms with Crippen LogP contribution in [-0.4, -0.2) is 16.1 Å². The maximum Gasteiger partial charge on any atom is 0.234 e. The second-order valence-electron chi connectivity index (χ2n) is 2.99. The number of hydrogen-bond donors (Lipinski definition) is 2. The van der Waals surface area contributed by atoms with Gasteiger partial charge in [-0.1, -0.05) is 18.5 Å². The lowest BCUT2D eigenvalue weighted by molar-refractivity contribution is -0.121. The minimum Gasteiger partial charge on any atom is -0.294 e. The van der Waals surface area contributed by atoms with E-state index in [1.165, 1.54) is 11.8 Å². The molecule has 1 rings (SSSR count). The Kier molecular flexibility index (Phi) is 4.87. The van der Waals surface area contributed by atoms with Crippen molar-refractivity contribution in [3.05, 3.63) is 23.4 Å². The number of carbonyl (C=O) groups is 1. The van der Waals surface area contributed by atoms with Crippen LogP contribution in [0.4, 0.5) is 0 Å². The molecule has 0 aliphatic rings. The summed E-state index contributed by atoms with van der Waals surface area (Å²) in [6, 6.07) is 3.54. The van der Waals surface area contributed by atoms with Crippen LogP contribution in [-0.2, 0) is 4.79 Å². The highest BCUT2D eigenvalue weighted by Gasteiger charge is 2.11. The highest BCUT2D eigenvalue weighted by molar-refractivity contribution is 8.00. The molecule has 0 saturated carbocycles. The Balaban J connectivity index is 2.55. The lowest BCUT2D eigenvalue weighted by Crippen LogP contribution is -2.31. The fraction of sp³-hybridized carbons (Fsp3) is 0.333. The Labute approximate surface area is 97.6 Å². The van der Waals surface area contributed by atoms with E-state index in [9.17, 15) is 4.79 Å². The van der Waals surface area contributed by atoms with Gasteiger partial charge >= 0.3 is 0 Å². The van der Waals surface area contributed by atoms with E-state index in [-0.39, 0.29) is 11.2 Å². The molecule has 1 heterocycles. The van der Waals surface area contributed by atoms with Gasteiger partial charge in [-0.15, -0.1) is 11.8 Å². The number of rotatable bonds is 4. The fourth-order valence-electron chi connectivity index (χ4n) is 1.01. The number of hydrogen-bond acceptors (Lipinski definition) is 4. The highest BCUT2D eigenvalue weighted by atomic mass is 35.5. The van der Waals surface area contributed by atoms with E-state index in [1.54, 1.807) is 18.3 Å². The van der Waals surface area contributed by atoms with Gasteiger partial charge in [0.15, 0.2) is 0 Å². The molecule has 1 amide bonds. The zero-order valence-electron chi connectivity index (χ0n) is 8.24. The third-order valence-corrected chi connectivity index (χ3v) is 3.21. The zero-order valence-corrected chi connectivity index (χ0v) is 9.81. The van der Waals surface area contributed by atoms with Crippen molar-refractivity contribution in [1.82, 2.24) is 10.4 Å². The number of thioether (sulfide) groups is 1. The quantitative estimate of drug-likeness (QED) is 0.366. The summed E-state index contributed by atoms with van der Waals surface area (Å²) in [7, 11) is 0. The van der Waals surface area contributed by atoms with Gasteiger partial charge in [-0.2, -0.15) is 0 Å². The molecule has 0 aliphatic heterocycles. The van der Waals surface area contributed by atoms with Crippen LogP contribution in [0.2, 0.25) is 5.02 Å². The van der Waals surface area contributed by atoms with Crippen molar-refractivity contribution >= 4 is 29.3 Å². The number of carbonyl (C=O) groups excluding carboxylic acids is 1. The van der Waals surface area contributed by atoms with E-state index in [0.717, 1.165) is 5.03 Å². The molecule has 1 aromatic rings. The van der Waals surface area contributed by atoms with E-state index < -0.39 is 0 Å². The third-order valence-electron chi connectivity index (χ3n) is 1.67. The molecule has 0 radical (unpaired) electrons. The van der Waals surface area contributed by atoms with E-state index >= 15 is 0 Å². The van der Waals surface area contributed by atoms with Crippen molar-refractivity contribution in [2.45, 2.75) is 23.6 Å². The molecule has 4 nitrogen and oxygen atoms in total. The van der Waals surface area contributed by atoms with Gasteiger partial charge in [-0.25, -0.2) is 10.8 Å². The van der Waals surface area contributed by atoms with E-state index in [2.05, 4.69) is 10.4 Å². The van der Waals surface area contributed by atoms with Gasteiger partial charge in [-0.3, -0.25) is 10.2 Å². The first-order valence-corrected chi connectivity index (χ1v) is 5.66. The average Bonchev–Trinajstić information content (AvgIpc) is 2.21. The number of hydrazine groups is 1. The number of nitrogens with one attached hydrogen (secondary N) is 1. The van der Waals surface area contributed by atoms with Gasteiger partial charge in [0.1, 0.15) is 5.03 Å². The van der Waals surface area contributed by atoms with Crippen LogP contribution in [0.3, 0.4) is 0 Å². The molecular weight excluding hydrogens is 234 g/mol. The predicted molar refractivity (Wildman–Crippen MR) is 61.5 cm³/mol. The van der Waals surface area contributed by atoms with Crippen molar-refractivity contribution in [1.29, 1.82) is 0 Å². The molecule has 0 aliphatic carbocycles. The second-order valence-corrected chi connectivity index (χ2v) is 4.82. The van der Waals surface area contributed by atoms with Crippen LogP contribution in [0.5, 0.6) is 0 Å². The van der Waals surface area contributed by atoms with Gasteiger partial charge in [-0.05, 0) is 12.1 Å². The van der Waals surface area contributed by atoms with Crippen LogP contribution in [0.1, 0.15) is 13.3 Å². The first kappa shape index (κ1) is 12.3. The van der Waals surface area contributed by atoms with Gasteiger partial charge < -0.3 is 0 Å². The summed E-state index contributed by atoms with van der Waals surface area (Å²) in [5, 5.41) is 1.42. The van der Waals surface area contributed by atoms with Crippen molar-refractivity contribution in [2.75, 3.05) is 0 Å². The van der Waals surface area contributed by atoms with E-state index in [0.29, 0.717) is 11.4 Å². The minimum absolute atomic E-state index is 0.0842. The molecule has 0 fully saturated rings. The number of nitrogens with two attached hydrogens (primary N) is 1. The molecule has 82 valence electrons. The van der Waals surface area contributed by atoms with Crippen LogP contribution < -0.4 is 11.3 Å². The molecular formula is C9H12ClN3OS. The Bertz CT molecular complexity index is 348. The van der Waals surface area contributed by atoms with Crippen LogP contribution in [0.25, 0.3) is 0 Å². The number of amides is 1. The Hall–Kier alpha value is -0.780. The summed E-state index contributed by atoms with van der Waals surface area (Å²) in [5.41, 5.74) is 2.09. The summed E-state index contributed by atoms with van der Waals surface area (Å²) >= 11 is 7.38. The van der Waals surface area contributed by atoms with Gasteiger partial charge in [0.05, 0.1) is 5.02 Å². The van der Waals surface area contributed by atoms with Crippen molar-refractivity contribution < 1.29 is 4.79 Å². The maximum atomic E-state index is 11.0. The minimum atomic E-state index is -0.193. The smallest absolute Gasteiger partial charge is 0.234 e. The fourth-order valence-corrected chi connectivity index (χ4v) is 2.18. The van der Waals surface area contributed by atoms with Crippen LogP contribution in [0, 0.1) is 0 Å². The first-order chi connectivity index (χ1) is 7.13. The number of aromatic nitrogens is 1. The standard InChI is InChI=1S/C9H12ClN3OS/c1-6(5-8(14)13-11)15-9-7(10)3-2-4-12-9/h2-4,6H,5,11H2,1H3,(H,13,14). The Morgan fingerprint density at radius 2 is 2.53 bits per heavy atom. The summed E-state index contributed by atoms with van der Waals surface area (Å²) in [5.74, 6) is 4.80. The molecule has 0 saturated heterocycles. The molecule has 1 aromatic heterocycles.